The predicted molar refractivity (Wildman–Crippen MR) is 78.7 cm³/mol. The molecule has 0 aliphatic heterocycles. The molecule has 0 saturated carbocycles. The van der Waals surface area contributed by atoms with Crippen LogP contribution in [0.15, 0.2) is 42.6 Å². The van der Waals surface area contributed by atoms with E-state index in [2.05, 4.69) is 4.98 Å². The third kappa shape index (κ3) is 4.43. The summed E-state index contributed by atoms with van der Waals surface area (Å²) in [6, 6.07) is 13.3. The summed E-state index contributed by atoms with van der Waals surface area (Å²) in [5, 5.41) is 8.96. The van der Waals surface area contributed by atoms with E-state index in [9.17, 15) is 4.79 Å². The Morgan fingerprint density at radius 2 is 2.05 bits per heavy atom. The van der Waals surface area contributed by atoms with Crippen molar-refractivity contribution in [2.45, 2.75) is 26.4 Å². The molecule has 0 unspecified atom stereocenters. The summed E-state index contributed by atoms with van der Waals surface area (Å²) in [5.41, 5.74) is 2.26. The highest BCUT2D eigenvalue weighted by atomic mass is 16.5. The van der Waals surface area contributed by atoms with Crippen molar-refractivity contribution in [3.05, 3.63) is 59.4 Å². The zero-order chi connectivity index (χ0) is 15.1. The lowest BCUT2D eigenvalue weighted by Gasteiger charge is -2.08. The molecular weight excluding hydrogens is 264 g/mol. The van der Waals surface area contributed by atoms with Gasteiger partial charge in [0.1, 0.15) is 29.9 Å². The normalized spacial score (nSPS) is 9.90. The van der Waals surface area contributed by atoms with Gasteiger partial charge in [-0.05, 0) is 37.1 Å². The summed E-state index contributed by atoms with van der Waals surface area (Å²) in [4.78, 5) is 14.9. The Balaban J connectivity index is 1.95. The van der Waals surface area contributed by atoms with Crippen molar-refractivity contribution in [1.82, 2.24) is 4.98 Å². The summed E-state index contributed by atoms with van der Waals surface area (Å²) in [6.07, 6.45) is 2.89. The summed E-state index contributed by atoms with van der Waals surface area (Å²) < 4.78 is 5.66. The van der Waals surface area contributed by atoms with Crippen LogP contribution < -0.4 is 4.74 Å². The number of aryl methyl sites for hydroxylation is 1. The third-order valence-electron chi connectivity index (χ3n) is 3.08. The number of nitriles is 1. The standard InChI is InChI=1S/C17H16N2O2/c1-13(20)4-5-14-6-8-16(9-7-14)21-12-15-3-2-10-19-17(15)11-18/h2-3,6-10H,4-5,12H2,1H3. The molecule has 0 bridgehead atoms. The summed E-state index contributed by atoms with van der Waals surface area (Å²) in [5.74, 6) is 0.922. The molecule has 1 aromatic carbocycles. The molecule has 0 N–H and O–H groups in total. The van der Waals surface area contributed by atoms with Crippen LogP contribution in [0.3, 0.4) is 0 Å². The van der Waals surface area contributed by atoms with E-state index >= 15 is 0 Å². The number of carbonyl (C=O) groups is 1. The summed E-state index contributed by atoms with van der Waals surface area (Å²) >= 11 is 0. The Kier molecular flexibility index (Phi) is 5.05. The molecule has 2 rings (SSSR count). The number of benzene rings is 1. The van der Waals surface area contributed by atoms with Gasteiger partial charge in [0.2, 0.25) is 0 Å². The molecule has 0 amide bonds. The number of hydrogen-bond donors (Lipinski definition) is 0. The molecule has 4 nitrogen and oxygen atoms in total. The van der Waals surface area contributed by atoms with Crippen molar-refractivity contribution in [3.8, 4) is 11.8 Å². The van der Waals surface area contributed by atoms with Crippen LogP contribution in [-0.4, -0.2) is 10.8 Å². The van der Waals surface area contributed by atoms with Crippen molar-refractivity contribution in [3.63, 3.8) is 0 Å². The van der Waals surface area contributed by atoms with E-state index < -0.39 is 0 Å². The molecule has 0 spiro atoms. The van der Waals surface area contributed by atoms with Crippen LogP contribution >= 0.6 is 0 Å². The first kappa shape index (κ1) is 14.7. The van der Waals surface area contributed by atoms with Crippen LogP contribution in [0, 0.1) is 11.3 Å². The van der Waals surface area contributed by atoms with Crippen molar-refractivity contribution in [2.75, 3.05) is 0 Å². The van der Waals surface area contributed by atoms with E-state index in [-0.39, 0.29) is 5.78 Å². The topological polar surface area (TPSA) is 63.0 Å². The van der Waals surface area contributed by atoms with Gasteiger partial charge in [-0.25, -0.2) is 4.98 Å². The average Bonchev–Trinajstić information content (AvgIpc) is 2.52. The number of ether oxygens (including phenoxy) is 1. The van der Waals surface area contributed by atoms with Gasteiger partial charge < -0.3 is 9.53 Å². The Hall–Kier alpha value is -2.67. The van der Waals surface area contributed by atoms with Gasteiger partial charge >= 0.3 is 0 Å². The number of pyridine rings is 1. The number of nitrogens with zero attached hydrogens (tertiary/aromatic N) is 2. The van der Waals surface area contributed by atoms with Gasteiger partial charge in [0, 0.05) is 18.2 Å². The van der Waals surface area contributed by atoms with Crippen molar-refractivity contribution >= 4 is 5.78 Å². The number of hydrogen-bond acceptors (Lipinski definition) is 4. The average molecular weight is 280 g/mol. The quantitative estimate of drug-likeness (QED) is 0.815. The lowest BCUT2D eigenvalue weighted by Crippen LogP contribution is -2.00. The first-order chi connectivity index (χ1) is 10.2. The monoisotopic (exact) mass is 280 g/mol. The van der Waals surface area contributed by atoms with E-state index in [0.29, 0.717) is 18.7 Å². The molecule has 0 aliphatic rings. The highest BCUT2D eigenvalue weighted by molar-refractivity contribution is 5.75. The van der Waals surface area contributed by atoms with Gasteiger partial charge in [-0.2, -0.15) is 5.26 Å². The second-order valence-corrected chi connectivity index (χ2v) is 4.76. The molecule has 0 saturated heterocycles. The van der Waals surface area contributed by atoms with E-state index in [0.717, 1.165) is 23.3 Å². The third-order valence-corrected chi connectivity index (χ3v) is 3.08. The SMILES string of the molecule is CC(=O)CCc1ccc(OCc2cccnc2C#N)cc1. The molecule has 2 aromatic rings. The van der Waals surface area contributed by atoms with E-state index in [4.69, 9.17) is 10.00 Å². The highest BCUT2D eigenvalue weighted by Crippen LogP contribution is 2.16. The molecule has 0 aliphatic carbocycles. The van der Waals surface area contributed by atoms with Crippen LogP contribution in [0.2, 0.25) is 0 Å². The zero-order valence-electron chi connectivity index (χ0n) is 11.9. The molecular formula is C17H16N2O2. The number of rotatable bonds is 6. The van der Waals surface area contributed by atoms with Crippen molar-refractivity contribution < 1.29 is 9.53 Å². The smallest absolute Gasteiger partial charge is 0.147 e. The Bertz CT molecular complexity index is 657. The number of aromatic nitrogens is 1. The molecule has 0 radical (unpaired) electrons. The maximum absolute atomic E-state index is 10.9. The minimum Gasteiger partial charge on any atom is -0.489 e. The minimum atomic E-state index is 0.191. The van der Waals surface area contributed by atoms with E-state index in [1.54, 1.807) is 19.2 Å². The fourth-order valence-electron chi connectivity index (χ4n) is 1.89. The molecule has 1 heterocycles. The Labute approximate surface area is 124 Å². The molecule has 1 aromatic heterocycles. The maximum Gasteiger partial charge on any atom is 0.147 e. The van der Waals surface area contributed by atoms with Crippen molar-refractivity contribution in [1.29, 1.82) is 5.26 Å². The first-order valence-corrected chi connectivity index (χ1v) is 6.74. The second-order valence-electron chi connectivity index (χ2n) is 4.76. The van der Waals surface area contributed by atoms with Gasteiger partial charge in [-0.1, -0.05) is 18.2 Å². The van der Waals surface area contributed by atoms with Gasteiger partial charge in [0.15, 0.2) is 0 Å². The lowest BCUT2D eigenvalue weighted by atomic mass is 10.1. The van der Waals surface area contributed by atoms with Crippen LogP contribution in [0.4, 0.5) is 0 Å². The van der Waals surface area contributed by atoms with Gasteiger partial charge in [0.05, 0.1) is 0 Å². The second kappa shape index (κ2) is 7.20. The van der Waals surface area contributed by atoms with E-state index in [1.165, 1.54) is 0 Å². The van der Waals surface area contributed by atoms with Crippen LogP contribution in [0.1, 0.15) is 30.2 Å². The van der Waals surface area contributed by atoms with Crippen LogP contribution in [0.5, 0.6) is 5.75 Å². The Morgan fingerprint density at radius 3 is 2.71 bits per heavy atom. The fraction of sp³-hybridized carbons (Fsp3) is 0.235. The largest absolute Gasteiger partial charge is 0.489 e. The van der Waals surface area contributed by atoms with Crippen LogP contribution in [-0.2, 0) is 17.8 Å². The first-order valence-electron chi connectivity index (χ1n) is 6.74. The van der Waals surface area contributed by atoms with Gasteiger partial charge in [-0.3, -0.25) is 0 Å². The predicted octanol–water partition coefficient (Wildman–Crippen LogP) is 3.05. The molecule has 21 heavy (non-hydrogen) atoms. The number of ketones is 1. The van der Waals surface area contributed by atoms with Gasteiger partial charge in [-0.15, -0.1) is 0 Å². The van der Waals surface area contributed by atoms with Crippen LogP contribution in [0.25, 0.3) is 0 Å². The maximum atomic E-state index is 10.9. The van der Waals surface area contributed by atoms with Crippen molar-refractivity contribution in [2.24, 2.45) is 0 Å². The zero-order valence-corrected chi connectivity index (χ0v) is 11.9. The number of carbonyl (C=O) groups excluding carboxylic acids is 1. The minimum absolute atomic E-state index is 0.191. The molecule has 0 atom stereocenters. The summed E-state index contributed by atoms with van der Waals surface area (Å²) in [6.45, 7) is 1.90. The molecule has 106 valence electrons. The highest BCUT2D eigenvalue weighted by Gasteiger charge is 2.03. The molecule has 0 fully saturated rings. The summed E-state index contributed by atoms with van der Waals surface area (Å²) in [7, 11) is 0. The fourth-order valence-corrected chi connectivity index (χ4v) is 1.89. The van der Waals surface area contributed by atoms with E-state index in [1.807, 2.05) is 36.4 Å². The van der Waals surface area contributed by atoms with Gasteiger partial charge in [0.25, 0.3) is 0 Å². The molecule has 4 heteroatoms. The Morgan fingerprint density at radius 1 is 1.29 bits per heavy atom. The lowest BCUT2D eigenvalue weighted by molar-refractivity contribution is -0.116. The number of Topliss-reactive ketones (excluding diaryl/α,β-unsaturated/α-hetero) is 1.